The number of carbonyl (C=O) groups is 1. The molecule has 0 saturated heterocycles. The molecule has 13 heteroatoms. The lowest BCUT2D eigenvalue weighted by molar-refractivity contribution is -0.138. The molecule has 0 atom stereocenters. The third-order valence-electron chi connectivity index (χ3n) is 5.49. The number of hydrogen-bond acceptors (Lipinski definition) is 4. The molecule has 1 amide bonds. The monoisotopic (exact) mass is 612 g/mol. The van der Waals surface area contributed by atoms with Crippen LogP contribution in [0.4, 0.5) is 23.2 Å². The minimum Gasteiger partial charge on any atom is -0.456 e. The van der Waals surface area contributed by atoms with E-state index in [0.717, 1.165) is 18.2 Å². The van der Waals surface area contributed by atoms with Crippen LogP contribution in [0.15, 0.2) is 89.8 Å². The molecule has 40 heavy (non-hydrogen) atoms. The van der Waals surface area contributed by atoms with Gasteiger partial charge in [-0.1, -0.05) is 41.4 Å². The number of rotatable bonds is 8. The van der Waals surface area contributed by atoms with Crippen molar-refractivity contribution in [3.63, 3.8) is 0 Å². The Morgan fingerprint density at radius 1 is 0.900 bits per heavy atom. The summed E-state index contributed by atoms with van der Waals surface area (Å²) in [7, 11) is -4.22. The van der Waals surface area contributed by atoms with Gasteiger partial charge in [0, 0.05) is 11.6 Å². The first-order chi connectivity index (χ1) is 18.8. The molecule has 4 rings (SSSR count). The van der Waals surface area contributed by atoms with Gasteiger partial charge in [-0.05, 0) is 72.3 Å². The molecular formula is C27H18Cl2F4N2O4S. The van der Waals surface area contributed by atoms with Crippen molar-refractivity contribution < 1.29 is 35.5 Å². The Hall–Kier alpha value is -3.80. The van der Waals surface area contributed by atoms with Crippen LogP contribution in [0.1, 0.15) is 21.5 Å². The Morgan fingerprint density at radius 3 is 2.27 bits per heavy atom. The fourth-order valence-electron chi connectivity index (χ4n) is 3.58. The normalized spacial score (nSPS) is 11.7. The van der Waals surface area contributed by atoms with Gasteiger partial charge in [0.1, 0.15) is 17.3 Å². The molecule has 0 bridgehead atoms. The highest BCUT2D eigenvalue weighted by Crippen LogP contribution is 2.33. The van der Waals surface area contributed by atoms with Crippen molar-refractivity contribution in [1.82, 2.24) is 5.32 Å². The summed E-state index contributed by atoms with van der Waals surface area (Å²) >= 11 is 12.1. The first-order valence-electron chi connectivity index (χ1n) is 11.3. The third-order valence-corrected chi connectivity index (χ3v) is 7.41. The molecule has 208 valence electrons. The van der Waals surface area contributed by atoms with Crippen molar-refractivity contribution in [2.24, 2.45) is 0 Å². The van der Waals surface area contributed by atoms with Crippen LogP contribution >= 0.6 is 23.2 Å². The Labute approximate surface area is 236 Å². The first-order valence-corrected chi connectivity index (χ1v) is 13.6. The number of ether oxygens (including phenoxy) is 1. The fraction of sp³-hybridized carbons (Fsp3) is 0.0741. The predicted molar refractivity (Wildman–Crippen MR) is 143 cm³/mol. The van der Waals surface area contributed by atoms with E-state index >= 15 is 0 Å². The van der Waals surface area contributed by atoms with Crippen molar-refractivity contribution in [2.45, 2.75) is 17.6 Å². The molecule has 0 fully saturated rings. The van der Waals surface area contributed by atoms with E-state index in [0.29, 0.717) is 22.6 Å². The standard InChI is InChI=1S/C27H18Cl2F4N2O4S/c28-17-6-12-24(21(13-17)26(36)34-15-16-5-7-18(30)14-22(16)27(31,32)33)35-40(37,38)20-10-8-19(9-11-20)39-25-4-2-1-3-23(25)29/h1-14,35H,15H2,(H,34,36). The summed E-state index contributed by atoms with van der Waals surface area (Å²) in [6.07, 6.45) is -4.85. The maximum absolute atomic E-state index is 13.4. The number of benzene rings is 4. The van der Waals surface area contributed by atoms with Crippen molar-refractivity contribution in [2.75, 3.05) is 4.72 Å². The Balaban J connectivity index is 1.53. The second-order valence-corrected chi connectivity index (χ2v) is 10.8. The number of hydrogen-bond donors (Lipinski definition) is 2. The van der Waals surface area contributed by atoms with Gasteiger partial charge in [0.2, 0.25) is 0 Å². The van der Waals surface area contributed by atoms with E-state index in [9.17, 15) is 30.8 Å². The number of para-hydroxylation sites is 1. The fourth-order valence-corrected chi connectivity index (χ4v) is 5.00. The van der Waals surface area contributed by atoms with Gasteiger partial charge in [-0.2, -0.15) is 13.2 Å². The van der Waals surface area contributed by atoms with Crippen LogP contribution in [0.5, 0.6) is 11.5 Å². The van der Waals surface area contributed by atoms with Crippen LogP contribution in [0.25, 0.3) is 0 Å². The molecule has 0 aliphatic carbocycles. The Kier molecular flexibility index (Phi) is 8.57. The average Bonchev–Trinajstić information content (AvgIpc) is 2.90. The summed E-state index contributed by atoms with van der Waals surface area (Å²) in [6.45, 7) is -0.612. The Morgan fingerprint density at radius 2 is 1.60 bits per heavy atom. The molecule has 0 aliphatic rings. The third kappa shape index (κ3) is 7.04. The molecule has 0 unspecified atom stereocenters. The maximum atomic E-state index is 13.4. The van der Waals surface area contributed by atoms with Crippen molar-refractivity contribution in [1.29, 1.82) is 0 Å². The lowest BCUT2D eigenvalue weighted by atomic mass is 10.1. The van der Waals surface area contributed by atoms with E-state index < -0.39 is 40.0 Å². The summed E-state index contributed by atoms with van der Waals surface area (Å²) in [4.78, 5) is 12.7. The van der Waals surface area contributed by atoms with Gasteiger partial charge < -0.3 is 10.1 Å². The number of carbonyl (C=O) groups excluding carboxylic acids is 1. The van der Waals surface area contributed by atoms with E-state index in [1.165, 1.54) is 36.4 Å². The number of alkyl halides is 3. The van der Waals surface area contributed by atoms with Gasteiger partial charge in [0.05, 0.1) is 26.7 Å². The molecule has 2 N–H and O–H groups in total. The molecule has 0 heterocycles. The van der Waals surface area contributed by atoms with Crippen molar-refractivity contribution >= 4 is 44.8 Å². The summed E-state index contributed by atoms with van der Waals surface area (Å²) in [5, 5.41) is 2.73. The number of nitrogens with one attached hydrogen (secondary N) is 2. The van der Waals surface area contributed by atoms with Gasteiger partial charge in [-0.25, -0.2) is 12.8 Å². The minimum atomic E-state index is -4.85. The first kappa shape index (κ1) is 29.2. The van der Waals surface area contributed by atoms with E-state index in [1.54, 1.807) is 24.3 Å². The highest BCUT2D eigenvalue weighted by atomic mass is 35.5. The summed E-state index contributed by atoms with van der Waals surface area (Å²) < 4.78 is 87.4. The zero-order valence-corrected chi connectivity index (χ0v) is 22.4. The molecule has 4 aromatic carbocycles. The number of sulfonamides is 1. The highest BCUT2D eigenvalue weighted by Gasteiger charge is 2.34. The summed E-state index contributed by atoms with van der Waals surface area (Å²) in [6, 6.07) is 17.9. The second-order valence-electron chi connectivity index (χ2n) is 8.28. The number of anilines is 1. The maximum Gasteiger partial charge on any atom is 0.416 e. The van der Waals surface area contributed by atoms with Gasteiger partial charge in [0.25, 0.3) is 15.9 Å². The summed E-state index contributed by atoms with van der Waals surface area (Å²) in [5.41, 5.74) is -2.05. The van der Waals surface area contributed by atoms with Crippen LogP contribution in [-0.4, -0.2) is 14.3 Å². The van der Waals surface area contributed by atoms with Crippen molar-refractivity contribution in [3.05, 3.63) is 117 Å². The second kappa shape index (κ2) is 11.7. The van der Waals surface area contributed by atoms with Crippen LogP contribution in [0.2, 0.25) is 10.0 Å². The molecule has 0 aromatic heterocycles. The molecule has 4 aromatic rings. The molecule has 0 spiro atoms. The van der Waals surface area contributed by atoms with E-state index in [2.05, 4.69) is 10.0 Å². The van der Waals surface area contributed by atoms with E-state index in [-0.39, 0.29) is 26.7 Å². The van der Waals surface area contributed by atoms with Gasteiger partial charge in [-0.3, -0.25) is 9.52 Å². The van der Waals surface area contributed by atoms with Crippen molar-refractivity contribution in [3.8, 4) is 11.5 Å². The average molecular weight is 613 g/mol. The van der Waals surface area contributed by atoms with E-state index in [4.69, 9.17) is 27.9 Å². The molecule has 0 radical (unpaired) electrons. The largest absolute Gasteiger partial charge is 0.456 e. The minimum absolute atomic E-state index is 0.0759. The Bertz CT molecular complexity index is 1660. The zero-order chi connectivity index (χ0) is 29.1. The lowest BCUT2D eigenvalue weighted by Gasteiger charge is -2.16. The van der Waals surface area contributed by atoms with Gasteiger partial charge in [0.15, 0.2) is 0 Å². The lowest BCUT2D eigenvalue weighted by Crippen LogP contribution is -2.26. The van der Waals surface area contributed by atoms with Crippen LogP contribution < -0.4 is 14.8 Å². The zero-order valence-electron chi connectivity index (χ0n) is 20.1. The van der Waals surface area contributed by atoms with Crippen LogP contribution in [0, 0.1) is 5.82 Å². The van der Waals surface area contributed by atoms with Gasteiger partial charge >= 0.3 is 6.18 Å². The summed E-state index contributed by atoms with van der Waals surface area (Å²) in [5.74, 6) is -1.31. The topological polar surface area (TPSA) is 84.5 Å². The molecule has 0 aliphatic heterocycles. The smallest absolute Gasteiger partial charge is 0.416 e. The van der Waals surface area contributed by atoms with Gasteiger partial charge in [-0.15, -0.1) is 0 Å². The number of halogens is 6. The quantitative estimate of drug-likeness (QED) is 0.200. The van der Waals surface area contributed by atoms with E-state index in [1.807, 2.05) is 0 Å². The molecule has 6 nitrogen and oxygen atoms in total. The predicted octanol–water partition coefficient (Wildman–Crippen LogP) is 7.67. The molecule has 0 saturated carbocycles. The van der Waals surface area contributed by atoms with Crippen LogP contribution in [-0.2, 0) is 22.7 Å². The SMILES string of the molecule is O=C(NCc1ccc(F)cc1C(F)(F)F)c1cc(Cl)ccc1NS(=O)(=O)c1ccc(Oc2ccccc2Cl)cc1. The highest BCUT2D eigenvalue weighted by molar-refractivity contribution is 7.92. The number of amides is 1. The van der Waals surface area contributed by atoms with Crippen LogP contribution in [0.3, 0.4) is 0 Å². The molecular weight excluding hydrogens is 595 g/mol.